The van der Waals surface area contributed by atoms with Gasteiger partial charge < -0.3 is 34.7 Å². The second-order valence-corrected chi connectivity index (χ2v) is 13.2. The largest absolute Gasteiger partial charge is 1.00 e. The van der Waals surface area contributed by atoms with E-state index in [4.69, 9.17) is 9.47 Å². The van der Waals surface area contributed by atoms with Crippen LogP contribution in [0.1, 0.15) is 115 Å². The Hall–Kier alpha value is -1.00. The van der Waals surface area contributed by atoms with E-state index in [1.54, 1.807) is 26.0 Å². The zero-order valence-corrected chi connectivity index (χ0v) is 29.8. The molecule has 238 valence electrons. The number of aryl methyl sites for hydroxylation is 2. The second-order valence-electron chi connectivity index (χ2n) is 13.2. The topological polar surface area (TPSA) is 136 Å². The molecular formula is C34H53NaO8. The first-order chi connectivity index (χ1) is 19.7. The van der Waals surface area contributed by atoms with E-state index in [0.717, 1.165) is 12.8 Å². The summed E-state index contributed by atoms with van der Waals surface area (Å²) in [6.07, 6.45) is 3.21. The first-order valence-electron chi connectivity index (χ1n) is 16.0. The SMILES string of the molecule is CC[C@@H](C(=O)[C@@H](C)[C@@H](O)[C@H](C)CCc1ccc(C)c(O)c1C(=O)[O-])C1O[C@](CC)(C2CC[C@](O)(CC)[C@H](C)O2)C[C@@H]1C.[Na+]. The number of ketones is 1. The molecule has 1 aromatic rings. The summed E-state index contributed by atoms with van der Waals surface area (Å²) in [6.45, 7) is 15.4. The summed E-state index contributed by atoms with van der Waals surface area (Å²) in [4.78, 5) is 25.5. The molecule has 2 saturated heterocycles. The van der Waals surface area contributed by atoms with Crippen LogP contribution in [0.4, 0.5) is 0 Å². The van der Waals surface area contributed by atoms with Gasteiger partial charge in [-0.25, -0.2) is 0 Å². The number of benzene rings is 1. The van der Waals surface area contributed by atoms with Crippen molar-refractivity contribution in [1.82, 2.24) is 0 Å². The number of aliphatic hydroxyl groups is 2. The Balaban J connectivity index is 0.00000645. The number of carbonyl (C=O) groups excluding carboxylic acids is 2. The number of aliphatic hydroxyl groups excluding tert-OH is 1. The van der Waals surface area contributed by atoms with Crippen LogP contribution < -0.4 is 34.7 Å². The van der Waals surface area contributed by atoms with Crippen molar-refractivity contribution >= 4 is 11.8 Å². The first kappa shape index (κ1) is 38.2. The molecule has 8 nitrogen and oxygen atoms in total. The number of aromatic carboxylic acids is 1. The van der Waals surface area contributed by atoms with Gasteiger partial charge >= 0.3 is 29.6 Å². The van der Waals surface area contributed by atoms with Crippen LogP contribution >= 0.6 is 0 Å². The molecule has 9 heteroatoms. The summed E-state index contributed by atoms with van der Waals surface area (Å²) < 4.78 is 13.2. The Morgan fingerprint density at radius 3 is 2.33 bits per heavy atom. The number of hydrogen-bond donors (Lipinski definition) is 3. The predicted molar refractivity (Wildman–Crippen MR) is 159 cm³/mol. The van der Waals surface area contributed by atoms with Crippen molar-refractivity contribution in [2.45, 2.75) is 142 Å². The molecule has 0 radical (unpaired) electrons. The van der Waals surface area contributed by atoms with Crippen LogP contribution in [-0.2, 0) is 20.7 Å². The molecule has 1 aromatic carbocycles. The van der Waals surface area contributed by atoms with Crippen LogP contribution in [0.15, 0.2) is 12.1 Å². The van der Waals surface area contributed by atoms with Crippen molar-refractivity contribution in [3.63, 3.8) is 0 Å². The van der Waals surface area contributed by atoms with Gasteiger partial charge in [0.15, 0.2) is 0 Å². The molecule has 2 fully saturated rings. The molecule has 43 heavy (non-hydrogen) atoms. The Morgan fingerprint density at radius 1 is 1.14 bits per heavy atom. The van der Waals surface area contributed by atoms with E-state index in [-0.39, 0.29) is 82.7 Å². The van der Waals surface area contributed by atoms with Crippen LogP contribution in [0, 0.1) is 30.6 Å². The first-order valence-corrected chi connectivity index (χ1v) is 16.0. The summed E-state index contributed by atoms with van der Waals surface area (Å²) in [5, 5.41) is 44.1. The number of carboxylic acid groups (broad SMARTS) is 1. The third-order valence-corrected chi connectivity index (χ3v) is 10.6. The van der Waals surface area contributed by atoms with Gasteiger partial charge in [0.2, 0.25) is 0 Å². The molecule has 10 atom stereocenters. The number of carbonyl (C=O) groups is 2. The number of hydrogen-bond acceptors (Lipinski definition) is 8. The maximum absolute atomic E-state index is 13.9. The number of aromatic hydroxyl groups is 1. The molecular weight excluding hydrogens is 559 g/mol. The van der Waals surface area contributed by atoms with E-state index in [1.165, 1.54) is 0 Å². The summed E-state index contributed by atoms with van der Waals surface area (Å²) in [6, 6.07) is 3.33. The average Bonchev–Trinajstić information content (AvgIpc) is 3.31. The fraction of sp³-hybridized carbons (Fsp3) is 0.765. The van der Waals surface area contributed by atoms with E-state index in [9.17, 15) is 30.0 Å². The minimum atomic E-state index is -1.43. The second kappa shape index (κ2) is 15.5. The summed E-state index contributed by atoms with van der Waals surface area (Å²) in [5.74, 6) is -2.92. The molecule has 2 heterocycles. The van der Waals surface area contributed by atoms with E-state index in [0.29, 0.717) is 49.7 Å². The van der Waals surface area contributed by atoms with Crippen LogP contribution in [0.3, 0.4) is 0 Å². The van der Waals surface area contributed by atoms with Crippen molar-refractivity contribution in [3.8, 4) is 5.75 Å². The quantitative estimate of drug-likeness (QED) is 0.285. The summed E-state index contributed by atoms with van der Waals surface area (Å²) >= 11 is 0. The zero-order valence-electron chi connectivity index (χ0n) is 27.8. The average molecular weight is 613 g/mol. The van der Waals surface area contributed by atoms with Gasteiger partial charge in [-0.1, -0.05) is 53.7 Å². The molecule has 0 aromatic heterocycles. The standard InChI is InChI=1S/C34H54O8.Na/c1-9-25(31-21(6)18-34(11-3,42-31)26-16-17-33(40,10-2)23(8)41-26)30(37)22(7)28(35)19(4)12-14-24-15-13-20(5)29(36)27(24)32(38)39;/h13,15,19,21-23,25-26,28,31,35-36,40H,9-12,14,16-18H2,1-8H3,(H,38,39);/q;+1/p-1/t19-,21+,22+,23+,25+,26?,28+,31?,33-,34+;/m1./s1. The van der Waals surface area contributed by atoms with E-state index in [1.807, 2.05) is 27.7 Å². The Labute approximate surface area is 280 Å². The molecule has 2 aliphatic rings. The van der Waals surface area contributed by atoms with Gasteiger partial charge in [0.1, 0.15) is 11.5 Å². The number of ether oxygens (including phenoxy) is 2. The Morgan fingerprint density at radius 2 is 1.79 bits per heavy atom. The molecule has 3 rings (SSSR count). The third-order valence-electron chi connectivity index (χ3n) is 10.6. The van der Waals surface area contributed by atoms with Gasteiger partial charge in [0, 0.05) is 17.4 Å². The van der Waals surface area contributed by atoms with Gasteiger partial charge in [-0.15, -0.1) is 0 Å². The number of phenols is 1. The number of carboxylic acids is 1. The minimum Gasteiger partial charge on any atom is -0.545 e. The molecule has 0 bridgehead atoms. The molecule has 3 N–H and O–H groups in total. The van der Waals surface area contributed by atoms with Gasteiger partial charge in [-0.2, -0.15) is 0 Å². The molecule has 0 aliphatic carbocycles. The number of rotatable bonds is 13. The monoisotopic (exact) mass is 612 g/mol. The van der Waals surface area contributed by atoms with Crippen molar-refractivity contribution in [1.29, 1.82) is 0 Å². The number of Topliss-reactive ketones (excluding diaryl/α,β-unsaturated/α-hetero) is 1. The van der Waals surface area contributed by atoms with Crippen LogP contribution in [0.5, 0.6) is 5.75 Å². The smallest absolute Gasteiger partial charge is 0.545 e. The minimum absolute atomic E-state index is 0. The molecule has 2 unspecified atom stereocenters. The fourth-order valence-corrected chi connectivity index (χ4v) is 7.44. The summed E-state index contributed by atoms with van der Waals surface area (Å²) in [7, 11) is 0. The van der Waals surface area contributed by atoms with Crippen molar-refractivity contribution in [3.05, 3.63) is 28.8 Å². The van der Waals surface area contributed by atoms with Crippen molar-refractivity contribution in [2.24, 2.45) is 23.7 Å². The maximum Gasteiger partial charge on any atom is 1.00 e. The van der Waals surface area contributed by atoms with Crippen LogP contribution in [0.25, 0.3) is 0 Å². The molecule has 0 amide bonds. The zero-order chi connectivity index (χ0) is 31.6. The third kappa shape index (κ3) is 7.87. The molecule has 0 spiro atoms. The maximum atomic E-state index is 13.9. The summed E-state index contributed by atoms with van der Waals surface area (Å²) in [5.41, 5.74) is -0.659. The van der Waals surface area contributed by atoms with Gasteiger partial charge in [-0.3, -0.25) is 4.79 Å². The van der Waals surface area contributed by atoms with Gasteiger partial charge in [-0.05, 0) is 88.2 Å². The van der Waals surface area contributed by atoms with Gasteiger partial charge in [0.05, 0.1) is 41.6 Å². The Kier molecular flexibility index (Phi) is 13.8. The molecule has 0 saturated carbocycles. The Bertz CT molecular complexity index is 1110. The van der Waals surface area contributed by atoms with E-state index in [2.05, 4.69) is 13.8 Å². The molecule has 2 aliphatic heterocycles. The fourth-order valence-electron chi connectivity index (χ4n) is 7.44. The van der Waals surface area contributed by atoms with Gasteiger partial charge in [0.25, 0.3) is 0 Å². The van der Waals surface area contributed by atoms with E-state index < -0.39 is 29.2 Å². The van der Waals surface area contributed by atoms with Crippen molar-refractivity contribution in [2.75, 3.05) is 0 Å². The predicted octanol–water partition coefficient (Wildman–Crippen LogP) is 1.51. The van der Waals surface area contributed by atoms with Crippen molar-refractivity contribution < 1.29 is 69.0 Å². The van der Waals surface area contributed by atoms with Crippen LogP contribution in [0.2, 0.25) is 0 Å². The van der Waals surface area contributed by atoms with Crippen LogP contribution in [-0.4, -0.2) is 62.7 Å². The van der Waals surface area contributed by atoms with E-state index >= 15 is 0 Å². The normalized spacial score (nSPS) is 32.0.